The first-order valence-corrected chi connectivity index (χ1v) is 9.60. The summed E-state index contributed by atoms with van der Waals surface area (Å²) in [6, 6.07) is 18.5. The molecule has 0 atom stereocenters. The van der Waals surface area contributed by atoms with Crippen molar-refractivity contribution < 1.29 is 18.7 Å². The highest BCUT2D eigenvalue weighted by Crippen LogP contribution is 2.27. The maximum Gasteiger partial charge on any atom is 0.375 e. The summed E-state index contributed by atoms with van der Waals surface area (Å²) in [6.07, 6.45) is 3.21. The zero-order valence-electron chi connectivity index (χ0n) is 15.1. The Kier molecular flexibility index (Phi) is 6.70. The van der Waals surface area contributed by atoms with Gasteiger partial charge in [-0.15, -0.1) is 18.3 Å². The van der Waals surface area contributed by atoms with E-state index >= 15 is 0 Å². The van der Waals surface area contributed by atoms with Crippen molar-refractivity contribution in [1.29, 1.82) is 0 Å². The molecule has 1 aromatic heterocycles. The van der Waals surface area contributed by atoms with Crippen molar-refractivity contribution in [2.75, 3.05) is 17.7 Å². The van der Waals surface area contributed by atoms with Crippen molar-refractivity contribution in [3.05, 3.63) is 85.3 Å². The van der Waals surface area contributed by atoms with Gasteiger partial charge in [-0.1, -0.05) is 48.5 Å². The summed E-state index contributed by atoms with van der Waals surface area (Å²) >= 11 is 1.56. The van der Waals surface area contributed by atoms with Crippen molar-refractivity contribution in [2.45, 2.75) is 4.90 Å². The van der Waals surface area contributed by atoms with E-state index in [4.69, 9.17) is 9.15 Å². The molecule has 1 amide bonds. The number of carbonyl (C=O) groups is 2. The maximum atomic E-state index is 12.4. The minimum absolute atomic E-state index is 0.0703. The van der Waals surface area contributed by atoms with E-state index in [-0.39, 0.29) is 5.76 Å². The molecule has 5 nitrogen and oxygen atoms in total. The number of carbonyl (C=O) groups excluding carboxylic acids is 2. The van der Waals surface area contributed by atoms with E-state index in [1.54, 1.807) is 30.0 Å². The fraction of sp³-hybridized carbons (Fsp3) is 0.0909. The molecule has 0 bridgehead atoms. The number of rotatable bonds is 8. The predicted molar refractivity (Wildman–Crippen MR) is 110 cm³/mol. The number of furan rings is 1. The number of thioether (sulfide) groups is 1. The summed E-state index contributed by atoms with van der Waals surface area (Å²) < 4.78 is 10.4. The van der Waals surface area contributed by atoms with Crippen molar-refractivity contribution in [3.63, 3.8) is 0 Å². The average Bonchev–Trinajstić information content (AvgIpc) is 3.22. The molecule has 3 aromatic rings. The van der Waals surface area contributed by atoms with Crippen LogP contribution in [-0.2, 0) is 9.53 Å². The molecular weight excluding hydrogens is 374 g/mol. The normalized spacial score (nSPS) is 10.3. The lowest BCUT2D eigenvalue weighted by atomic mass is 10.1. The molecule has 0 fully saturated rings. The Morgan fingerprint density at radius 2 is 1.82 bits per heavy atom. The number of anilines is 1. The quantitative estimate of drug-likeness (QED) is 0.331. The number of para-hydroxylation sites is 1. The van der Waals surface area contributed by atoms with Crippen LogP contribution >= 0.6 is 11.8 Å². The standard InChI is InChI=1S/C22H19NO4S/c1-2-14-28-19-11-7-6-10-18(19)23-20(24)15-27-22(25)21-17(12-13-26-21)16-8-4-3-5-9-16/h2-13H,1,14-15H2,(H,23,24). The van der Waals surface area contributed by atoms with Crippen LogP contribution in [0.1, 0.15) is 10.6 Å². The van der Waals surface area contributed by atoms with Crippen LogP contribution in [0.4, 0.5) is 5.69 Å². The third kappa shape index (κ3) is 4.92. The Balaban J connectivity index is 1.61. The highest BCUT2D eigenvalue weighted by molar-refractivity contribution is 7.99. The van der Waals surface area contributed by atoms with Crippen LogP contribution in [0.15, 0.2) is 88.9 Å². The summed E-state index contributed by atoms with van der Waals surface area (Å²) in [6.45, 7) is 3.29. The summed E-state index contributed by atoms with van der Waals surface area (Å²) in [4.78, 5) is 25.5. The maximum absolute atomic E-state index is 12.4. The predicted octanol–water partition coefficient (Wildman–Crippen LogP) is 5.02. The van der Waals surface area contributed by atoms with Gasteiger partial charge in [0.15, 0.2) is 6.61 Å². The Labute approximate surface area is 167 Å². The lowest BCUT2D eigenvalue weighted by Gasteiger charge is -2.10. The molecule has 0 unspecified atom stereocenters. The second-order valence-corrected chi connectivity index (χ2v) is 6.81. The zero-order chi connectivity index (χ0) is 19.8. The van der Waals surface area contributed by atoms with Crippen LogP contribution in [0, 0.1) is 0 Å². The third-order valence-electron chi connectivity index (χ3n) is 3.79. The number of hydrogen-bond donors (Lipinski definition) is 1. The lowest BCUT2D eigenvalue weighted by molar-refractivity contribution is -0.119. The van der Waals surface area contributed by atoms with Crippen LogP contribution in [0.25, 0.3) is 11.1 Å². The molecular formula is C22H19NO4S. The molecule has 1 heterocycles. The fourth-order valence-corrected chi connectivity index (χ4v) is 3.29. The minimum atomic E-state index is -0.687. The van der Waals surface area contributed by atoms with Gasteiger partial charge in [0.05, 0.1) is 12.0 Å². The van der Waals surface area contributed by atoms with Crippen molar-refractivity contribution >= 4 is 29.3 Å². The molecule has 0 radical (unpaired) electrons. The van der Waals surface area contributed by atoms with Crippen LogP contribution in [0.3, 0.4) is 0 Å². The average molecular weight is 393 g/mol. The third-order valence-corrected chi connectivity index (χ3v) is 4.86. The summed E-state index contributed by atoms with van der Waals surface area (Å²) in [7, 11) is 0. The Hall–Kier alpha value is -3.25. The van der Waals surface area contributed by atoms with E-state index in [0.29, 0.717) is 11.3 Å². The van der Waals surface area contributed by atoms with Gasteiger partial charge >= 0.3 is 5.97 Å². The van der Waals surface area contributed by atoms with Crippen LogP contribution in [-0.4, -0.2) is 24.2 Å². The molecule has 3 rings (SSSR count). The molecule has 1 N–H and O–H groups in total. The second kappa shape index (κ2) is 9.62. The number of esters is 1. The van der Waals surface area contributed by atoms with E-state index in [0.717, 1.165) is 16.2 Å². The van der Waals surface area contributed by atoms with Gasteiger partial charge < -0.3 is 14.5 Å². The molecule has 0 aliphatic heterocycles. The van der Waals surface area contributed by atoms with E-state index < -0.39 is 18.5 Å². The number of hydrogen-bond acceptors (Lipinski definition) is 5. The number of nitrogens with one attached hydrogen (secondary N) is 1. The molecule has 0 spiro atoms. The summed E-state index contributed by atoms with van der Waals surface area (Å²) in [5, 5.41) is 2.76. The Morgan fingerprint density at radius 3 is 2.61 bits per heavy atom. The minimum Gasteiger partial charge on any atom is -0.457 e. The van der Waals surface area contributed by atoms with Crippen molar-refractivity contribution in [3.8, 4) is 11.1 Å². The van der Waals surface area contributed by atoms with Crippen LogP contribution in [0.2, 0.25) is 0 Å². The van der Waals surface area contributed by atoms with E-state index in [2.05, 4.69) is 11.9 Å². The van der Waals surface area contributed by atoms with Gasteiger partial charge in [0.2, 0.25) is 5.76 Å². The first-order chi connectivity index (χ1) is 13.7. The molecule has 0 saturated heterocycles. The topological polar surface area (TPSA) is 68.5 Å². The molecule has 28 heavy (non-hydrogen) atoms. The Morgan fingerprint density at radius 1 is 1.07 bits per heavy atom. The number of amides is 1. The largest absolute Gasteiger partial charge is 0.457 e. The van der Waals surface area contributed by atoms with Crippen molar-refractivity contribution in [2.24, 2.45) is 0 Å². The molecule has 6 heteroatoms. The second-order valence-electron chi connectivity index (χ2n) is 5.75. The molecule has 0 saturated carbocycles. The van der Waals surface area contributed by atoms with Crippen molar-refractivity contribution in [1.82, 2.24) is 0 Å². The van der Waals surface area contributed by atoms with Crippen LogP contribution in [0.5, 0.6) is 0 Å². The van der Waals surface area contributed by atoms with Gasteiger partial charge in [0, 0.05) is 16.2 Å². The van der Waals surface area contributed by atoms with Gasteiger partial charge in [-0.3, -0.25) is 4.79 Å². The zero-order valence-corrected chi connectivity index (χ0v) is 15.9. The smallest absolute Gasteiger partial charge is 0.375 e. The summed E-state index contributed by atoms with van der Waals surface area (Å²) in [5.74, 6) is -0.315. The highest BCUT2D eigenvalue weighted by Gasteiger charge is 2.19. The van der Waals surface area contributed by atoms with Gasteiger partial charge in [-0.05, 0) is 23.8 Å². The van der Waals surface area contributed by atoms with Gasteiger partial charge in [-0.2, -0.15) is 0 Å². The lowest BCUT2D eigenvalue weighted by Crippen LogP contribution is -2.21. The number of ether oxygens (including phenoxy) is 1. The first-order valence-electron chi connectivity index (χ1n) is 8.61. The first kappa shape index (κ1) is 19.5. The monoisotopic (exact) mass is 393 g/mol. The number of benzene rings is 2. The summed E-state index contributed by atoms with van der Waals surface area (Å²) in [5.41, 5.74) is 2.12. The SMILES string of the molecule is C=CCSc1ccccc1NC(=O)COC(=O)c1occc1-c1ccccc1. The van der Waals surface area contributed by atoms with E-state index in [9.17, 15) is 9.59 Å². The van der Waals surface area contributed by atoms with Gasteiger partial charge in [0.25, 0.3) is 5.91 Å². The van der Waals surface area contributed by atoms with Gasteiger partial charge in [0.1, 0.15) is 0 Å². The molecule has 0 aliphatic rings. The molecule has 142 valence electrons. The molecule has 2 aromatic carbocycles. The molecule has 0 aliphatic carbocycles. The van der Waals surface area contributed by atoms with E-state index in [1.807, 2.05) is 48.5 Å². The highest BCUT2D eigenvalue weighted by atomic mass is 32.2. The van der Waals surface area contributed by atoms with Crippen LogP contribution < -0.4 is 5.32 Å². The Bertz CT molecular complexity index is 965. The van der Waals surface area contributed by atoms with Gasteiger partial charge in [-0.25, -0.2) is 4.79 Å². The van der Waals surface area contributed by atoms with E-state index in [1.165, 1.54) is 6.26 Å². The fourth-order valence-electron chi connectivity index (χ4n) is 2.54.